The van der Waals surface area contributed by atoms with Crippen molar-refractivity contribution in [3.8, 4) is 0 Å². The highest BCUT2D eigenvalue weighted by molar-refractivity contribution is 7.10. The van der Waals surface area contributed by atoms with Crippen LogP contribution in [0.3, 0.4) is 0 Å². The van der Waals surface area contributed by atoms with Crippen LogP contribution in [0.4, 0.5) is 0 Å². The van der Waals surface area contributed by atoms with Crippen LogP contribution in [-0.2, 0) is 4.74 Å². The zero-order chi connectivity index (χ0) is 13.1. The van der Waals surface area contributed by atoms with Crippen molar-refractivity contribution in [2.24, 2.45) is 0 Å². The van der Waals surface area contributed by atoms with Crippen LogP contribution < -0.4 is 5.32 Å². The van der Waals surface area contributed by atoms with Crippen LogP contribution >= 0.6 is 11.3 Å². The predicted molar refractivity (Wildman–Crippen MR) is 80.7 cm³/mol. The first-order valence-corrected chi connectivity index (χ1v) is 8.64. The zero-order valence-corrected chi connectivity index (χ0v) is 12.7. The Morgan fingerprint density at radius 2 is 2.26 bits per heavy atom. The molecular formula is C16H25NOS. The third-order valence-corrected chi connectivity index (χ3v) is 5.73. The van der Waals surface area contributed by atoms with E-state index in [4.69, 9.17) is 4.74 Å². The molecule has 0 bridgehead atoms. The Hall–Kier alpha value is -0.380. The molecule has 2 heterocycles. The molecule has 19 heavy (non-hydrogen) atoms. The molecule has 2 nitrogen and oxygen atoms in total. The number of rotatable bonds is 5. The van der Waals surface area contributed by atoms with Gasteiger partial charge in [-0.2, -0.15) is 0 Å². The first-order valence-electron chi connectivity index (χ1n) is 7.76. The van der Waals surface area contributed by atoms with E-state index >= 15 is 0 Å². The van der Waals surface area contributed by atoms with Gasteiger partial charge in [-0.15, -0.1) is 11.3 Å². The fourth-order valence-electron chi connectivity index (χ4n) is 3.64. The van der Waals surface area contributed by atoms with Crippen LogP contribution in [0.15, 0.2) is 17.5 Å². The predicted octanol–water partition coefficient (Wildman–Crippen LogP) is 4.28. The average Bonchev–Trinajstić information content (AvgIpc) is 3.15. The number of thiophene rings is 1. The molecule has 2 aliphatic rings. The molecule has 2 unspecified atom stereocenters. The lowest BCUT2D eigenvalue weighted by Crippen LogP contribution is -2.32. The van der Waals surface area contributed by atoms with E-state index in [-0.39, 0.29) is 5.60 Å². The minimum absolute atomic E-state index is 0.275. The summed E-state index contributed by atoms with van der Waals surface area (Å²) in [5, 5.41) is 5.87. The maximum atomic E-state index is 6.36. The topological polar surface area (TPSA) is 21.3 Å². The molecule has 0 aromatic carbocycles. The first-order chi connectivity index (χ1) is 9.31. The third kappa shape index (κ3) is 3.04. The molecule has 2 fully saturated rings. The monoisotopic (exact) mass is 279 g/mol. The summed E-state index contributed by atoms with van der Waals surface area (Å²) in [6.45, 7) is 3.27. The summed E-state index contributed by atoms with van der Waals surface area (Å²) < 4.78 is 6.36. The summed E-state index contributed by atoms with van der Waals surface area (Å²) in [6.07, 6.45) is 9.45. The zero-order valence-electron chi connectivity index (χ0n) is 11.9. The van der Waals surface area contributed by atoms with Crippen molar-refractivity contribution in [3.05, 3.63) is 22.4 Å². The Labute approximate surface area is 120 Å². The molecular weight excluding hydrogens is 254 g/mol. The average molecular weight is 279 g/mol. The Bertz CT molecular complexity index is 383. The fourth-order valence-corrected chi connectivity index (χ4v) is 4.52. The molecule has 1 aliphatic carbocycles. The standard InChI is InChI=1S/C16H25NOS/c1-2-14(15-6-5-11-19-15)17-12-13-7-10-16(18-13)8-3-4-9-16/h5-6,11,13-14,17H,2-4,7-10,12H2,1H3. The largest absolute Gasteiger partial charge is 0.370 e. The van der Waals surface area contributed by atoms with Crippen molar-refractivity contribution in [2.75, 3.05) is 6.54 Å². The van der Waals surface area contributed by atoms with Crippen molar-refractivity contribution in [2.45, 2.75) is 69.6 Å². The normalized spacial score (nSPS) is 27.1. The third-order valence-electron chi connectivity index (χ3n) is 4.74. The molecule has 3 heteroatoms. The fraction of sp³-hybridized carbons (Fsp3) is 0.750. The van der Waals surface area contributed by atoms with E-state index < -0.39 is 0 Å². The number of hydrogen-bond acceptors (Lipinski definition) is 3. The van der Waals surface area contributed by atoms with E-state index in [1.54, 1.807) is 0 Å². The summed E-state index contributed by atoms with van der Waals surface area (Å²) in [5.74, 6) is 0. The van der Waals surface area contributed by atoms with Crippen molar-refractivity contribution < 1.29 is 4.74 Å². The lowest BCUT2D eigenvalue weighted by atomic mass is 9.98. The maximum Gasteiger partial charge on any atom is 0.0708 e. The molecule has 2 atom stereocenters. The van der Waals surface area contributed by atoms with Crippen LogP contribution in [-0.4, -0.2) is 18.2 Å². The number of ether oxygens (including phenoxy) is 1. The van der Waals surface area contributed by atoms with Gasteiger partial charge in [0.15, 0.2) is 0 Å². The second-order valence-corrected chi connectivity index (χ2v) is 7.03. The van der Waals surface area contributed by atoms with E-state index in [0.29, 0.717) is 12.1 Å². The SMILES string of the molecule is CCC(NCC1CCC2(CCCC2)O1)c1cccs1. The summed E-state index contributed by atoms with van der Waals surface area (Å²) >= 11 is 1.85. The van der Waals surface area contributed by atoms with Crippen LogP contribution in [0.5, 0.6) is 0 Å². The minimum Gasteiger partial charge on any atom is -0.370 e. The van der Waals surface area contributed by atoms with Gasteiger partial charge in [-0.25, -0.2) is 0 Å². The highest BCUT2D eigenvalue weighted by Crippen LogP contribution is 2.43. The number of nitrogens with one attached hydrogen (secondary N) is 1. The van der Waals surface area contributed by atoms with Crippen LogP contribution in [0.1, 0.15) is 62.8 Å². The van der Waals surface area contributed by atoms with Crippen LogP contribution in [0.25, 0.3) is 0 Å². The maximum absolute atomic E-state index is 6.36. The molecule has 106 valence electrons. The van der Waals surface area contributed by atoms with Gasteiger partial charge in [0.05, 0.1) is 11.7 Å². The Balaban J connectivity index is 1.50. The van der Waals surface area contributed by atoms with Gasteiger partial charge in [-0.3, -0.25) is 0 Å². The van der Waals surface area contributed by atoms with Gasteiger partial charge in [0.2, 0.25) is 0 Å². The molecule has 1 aromatic rings. The summed E-state index contributed by atoms with van der Waals surface area (Å²) in [7, 11) is 0. The molecule has 0 radical (unpaired) electrons. The van der Waals surface area contributed by atoms with Gasteiger partial charge < -0.3 is 10.1 Å². The van der Waals surface area contributed by atoms with Gasteiger partial charge >= 0.3 is 0 Å². The number of hydrogen-bond donors (Lipinski definition) is 1. The molecule has 1 saturated carbocycles. The molecule has 0 amide bonds. The van der Waals surface area contributed by atoms with Crippen molar-refractivity contribution in [3.63, 3.8) is 0 Å². The molecule has 1 aliphatic heterocycles. The first kappa shape index (κ1) is 13.6. The van der Waals surface area contributed by atoms with Gasteiger partial charge in [0.1, 0.15) is 0 Å². The molecule has 1 aromatic heterocycles. The molecule has 1 spiro atoms. The van der Waals surface area contributed by atoms with Gasteiger partial charge in [0.25, 0.3) is 0 Å². The van der Waals surface area contributed by atoms with Gasteiger partial charge in [0, 0.05) is 17.5 Å². The molecule has 1 N–H and O–H groups in total. The Morgan fingerprint density at radius 1 is 1.42 bits per heavy atom. The van der Waals surface area contributed by atoms with Crippen molar-refractivity contribution in [1.82, 2.24) is 5.32 Å². The smallest absolute Gasteiger partial charge is 0.0708 e. The van der Waals surface area contributed by atoms with Crippen LogP contribution in [0, 0.1) is 0 Å². The minimum atomic E-state index is 0.275. The van der Waals surface area contributed by atoms with Crippen molar-refractivity contribution >= 4 is 11.3 Å². The quantitative estimate of drug-likeness (QED) is 0.868. The van der Waals surface area contributed by atoms with E-state index in [1.807, 2.05) is 11.3 Å². The van der Waals surface area contributed by atoms with E-state index in [1.165, 1.54) is 43.4 Å². The summed E-state index contributed by atoms with van der Waals surface area (Å²) in [6, 6.07) is 4.88. The molecule has 1 saturated heterocycles. The summed E-state index contributed by atoms with van der Waals surface area (Å²) in [5.41, 5.74) is 0.275. The lowest BCUT2D eigenvalue weighted by molar-refractivity contribution is -0.0359. The summed E-state index contributed by atoms with van der Waals surface area (Å²) in [4.78, 5) is 1.45. The van der Waals surface area contributed by atoms with Gasteiger partial charge in [-0.1, -0.05) is 25.8 Å². The van der Waals surface area contributed by atoms with E-state index in [0.717, 1.165) is 13.0 Å². The Kier molecular flexibility index (Phi) is 4.25. The second kappa shape index (κ2) is 5.94. The second-order valence-electron chi connectivity index (χ2n) is 6.05. The van der Waals surface area contributed by atoms with E-state index in [9.17, 15) is 0 Å². The highest BCUT2D eigenvalue weighted by atomic mass is 32.1. The highest BCUT2D eigenvalue weighted by Gasteiger charge is 2.41. The van der Waals surface area contributed by atoms with E-state index in [2.05, 4.69) is 29.8 Å². The molecule has 3 rings (SSSR count). The van der Waals surface area contributed by atoms with Crippen molar-refractivity contribution in [1.29, 1.82) is 0 Å². The van der Waals surface area contributed by atoms with Crippen LogP contribution in [0.2, 0.25) is 0 Å². The Morgan fingerprint density at radius 3 is 2.95 bits per heavy atom. The lowest BCUT2D eigenvalue weighted by Gasteiger charge is -2.25. The van der Waals surface area contributed by atoms with Gasteiger partial charge in [-0.05, 0) is 43.6 Å².